The molecule has 1 aromatic rings. The van der Waals surface area contributed by atoms with Crippen LogP contribution < -0.4 is 5.32 Å². The number of nitrogens with one attached hydrogen (secondary N) is 1. The second kappa shape index (κ2) is 6.07. The summed E-state index contributed by atoms with van der Waals surface area (Å²) in [5.41, 5.74) is 1.20. The van der Waals surface area contributed by atoms with Gasteiger partial charge in [-0.3, -0.25) is 4.79 Å². The topological polar surface area (TPSA) is 29.1 Å². The van der Waals surface area contributed by atoms with Crippen molar-refractivity contribution in [2.24, 2.45) is 11.8 Å². The molecule has 100 valence electrons. The van der Waals surface area contributed by atoms with E-state index in [0.717, 1.165) is 17.3 Å². The molecule has 1 N–H and O–H groups in total. The van der Waals surface area contributed by atoms with Gasteiger partial charge in [-0.2, -0.15) is 0 Å². The summed E-state index contributed by atoms with van der Waals surface area (Å²) in [6, 6.07) is 1.98. The molecular formula is C14H20ClNOS. The molecule has 1 heterocycles. The molecule has 18 heavy (non-hydrogen) atoms. The molecule has 0 aliphatic heterocycles. The van der Waals surface area contributed by atoms with Crippen molar-refractivity contribution >= 4 is 28.8 Å². The first-order valence-electron chi connectivity index (χ1n) is 6.53. The Morgan fingerprint density at radius 1 is 1.44 bits per heavy atom. The molecule has 4 heteroatoms. The number of carbonyl (C=O) groups excluding carboxylic acids is 1. The van der Waals surface area contributed by atoms with E-state index in [1.165, 1.54) is 29.7 Å². The van der Waals surface area contributed by atoms with Crippen molar-refractivity contribution in [3.05, 3.63) is 21.4 Å². The van der Waals surface area contributed by atoms with Gasteiger partial charge in [-0.25, -0.2) is 0 Å². The molecular weight excluding hydrogens is 266 g/mol. The number of hydrogen-bond acceptors (Lipinski definition) is 2. The first-order valence-corrected chi connectivity index (χ1v) is 7.88. The van der Waals surface area contributed by atoms with Crippen LogP contribution in [0.3, 0.4) is 0 Å². The van der Waals surface area contributed by atoms with Gasteiger partial charge in [0.15, 0.2) is 0 Å². The van der Waals surface area contributed by atoms with E-state index in [-0.39, 0.29) is 5.91 Å². The summed E-state index contributed by atoms with van der Waals surface area (Å²) in [7, 11) is 0. The van der Waals surface area contributed by atoms with Gasteiger partial charge in [0.1, 0.15) is 0 Å². The molecule has 0 radical (unpaired) electrons. The van der Waals surface area contributed by atoms with Crippen molar-refractivity contribution in [1.82, 2.24) is 5.32 Å². The minimum atomic E-state index is 0.0661. The van der Waals surface area contributed by atoms with Crippen LogP contribution in [-0.4, -0.2) is 18.3 Å². The Hall–Kier alpha value is -0.540. The first-order chi connectivity index (χ1) is 8.61. The van der Waals surface area contributed by atoms with Crippen molar-refractivity contribution in [1.29, 1.82) is 0 Å². The van der Waals surface area contributed by atoms with Gasteiger partial charge in [0.25, 0.3) is 5.91 Å². The predicted octanol–water partition coefficient (Wildman–Crippen LogP) is 3.75. The molecule has 2 unspecified atom stereocenters. The average molecular weight is 286 g/mol. The van der Waals surface area contributed by atoms with Crippen LogP contribution in [0.5, 0.6) is 0 Å². The molecule has 0 bridgehead atoms. The third-order valence-corrected chi connectivity index (χ3v) is 5.48. The fraction of sp³-hybridized carbons (Fsp3) is 0.643. The molecule has 2 nitrogen and oxygen atoms in total. The van der Waals surface area contributed by atoms with Crippen LogP contribution in [0.4, 0.5) is 0 Å². The SMILES string of the molecule is Cc1cc(C(=O)NCC2CCCC2CCl)sc1C. The second-order valence-electron chi connectivity index (χ2n) is 5.17. The molecule has 1 fully saturated rings. The summed E-state index contributed by atoms with van der Waals surface area (Å²) >= 11 is 7.52. The van der Waals surface area contributed by atoms with Crippen LogP contribution in [0.2, 0.25) is 0 Å². The Bertz CT molecular complexity index is 410. The van der Waals surface area contributed by atoms with Crippen molar-refractivity contribution < 1.29 is 4.79 Å². The van der Waals surface area contributed by atoms with Crippen LogP contribution in [0, 0.1) is 25.7 Å². The average Bonchev–Trinajstić information content (AvgIpc) is 2.93. The summed E-state index contributed by atoms with van der Waals surface area (Å²) in [5.74, 6) is 1.93. The minimum absolute atomic E-state index is 0.0661. The van der Waals surface area contributed by atoms with E-state index >= 15 is 0 Å². The van der Waals surface area contributed by atoms with Gasteiger partial charge < -0.3 is 5.32 Å². The van der Waals surface area contributed by atoms with Crippen LogP contribution >= 0.6 is 22.9 Å². The lowest BCUT2D eigenvalue weighted by molar-refractivity contribution is 0.0948. The Morgan fingerprint density at radius 2 is 2.17 bits per heavy atom. The van der Waals surface area contributed by atoms with Gasteiger partial charge in [0, 0.05) is 17.3 Å². The van der Waals surface area contributed by atoms with Gasteiger partial charge in [0.05, 0.1) is 4.88 Å². The van der Waals surface area contributed by atoms with Gasteiger partial charge in [-0.1, -0.05) is 6.42 Å². The summed E-state index contributed by atoms with van der Waals surface area (Å²) in [4.78, 5) is 14.1. The van der Waals surface area contributed by atoms with Crippen LogP contribution in [0.15, 0.2) is 6.07 Å². The van der Waals surface area contributed by atoms with E-state index in [1.54, 1.807) is 11.3 Å². The predicted molar refractivity (Wildman–Crippen MR) is 77.7 cm³/mol. The number of halogens is 1. The molecule has 1 aromatic heterocycles. The maximum absolute atomic E-state index is 12.0. The van der Waals surface area contributed by atoms with Crippen molar-refractivity contribution in [3.63, 3.8) is 0 Å². The summed E-state index contributed by atoms with van der Waals surface area (Å²) in [6.45, 7) is 4.87. The van der Waals surface area contributed by atoms with Gasteiger partial charge in [0.2, 0.25) is 0 Å². The highest BCUT2D eigenvalue weighted by Gasteiger charge is 2.26. The maximum Gasteiger partial charge on any atom is 0.261 e. The molecule has 0 saturated heterocycles. The Balaban J connectivity index is 1.88. The number of rotatable bonds is 4. The number of carbonyl (C=O) groups is 1. The number of hydrogen-bond donors (Lipinski definition) is 1. The van der Waals surface area contributed by atoms with Crippen LogP contribution in [0.25, 0.3) is 0 Å². The molecule has 1 saturated carbocycles. The summed E-state index contributed by atoms with van der Waals surface area (Å²) < 4.78 is 0. The lowest BCUT2D eigenvalue weighted by Crippen LogP contribution is -2.30. The lowest BCUT2D eigenvalue weighted by atomic mass is 9.98. The van der Waals surface area contributed by atoms with E-state index in [1.807, 2.05) is 13.0 Å². The highest BCUT2D eigenvalue weighted by Crippen LogP contribution is 2.32. The normalized spacial score (nSPS) is 23.3. The lowest BCUT2D eigenvalue weighted by Gasteiger charge is -2.17. The zero-order valence-electron chi connectivity index (χ0n) is 11.0. The summed E-state index contributed by atoms with van der Waals surface area (Å²) in [5, 5.41) is 3.06. The van der Waals surface area contributed by atoms with Gasteiger partial charge >= 0.3 is 0 Å². The molecule has 2 rings (SSSR count). The zero-order valence-corrected chi connectivity index (χ0v) is 12.5. The molecule has 1 aliphatic rings. The Morgan fingerprint density at radius 3 is 2.78 bits per heavy atom. The highest BCUT2D eigenvalue weighted by atomic mass is 35.5. The third kappa shape index (κ3) is 3.07. The van der Waals surface area contributed by atoms with E-state index in [4.69, 9.17) is 11.6 Å². The molecule has 2 atom stereocenters. The van der Waals surface area contributed by atoms with E-state index in [0.29, 0.717) is 11.8 Å². The number of alkyl halides is 1. The zero-order chi connectivity index (χ0) is 13.1. The van der Waals surface area contributed by atoms with Gasteiger partial charge in [-0.05, 0) is 50.2 Å². The summed E-state index contributed by atoms with van der Waals surface area (Å²) in [6.07, 6.45) is 3.65. The number of aryl methyl sites for hydroxylation is 2. The van der Waals surface area contributed by atoms with Crippen molar-refractivity contribution in [3.8, 4) is 0 Å². The Labute approximate surface area is 118 Å². The largest absolute Gasteiger partial charge is 0.351 e. The minimum Gasteiger partial charge on any atom is -0.351 e. The smallest absolute Gasteiger partial charge is 0.261 e. The van der Waals surface area contributed by atoms with Gasteiger partial charge in [-0.15, -0.1) is 22.9 Å². The fourth-order valence-corrected chi connectivity index (χ4v) is 3.94. The van der Waals surface area contributed by atoms with E-state index in [9.17, 15) is 4.79 Å². The number of thiophene rings is 1. The highest BCUT2D eigenvalue weighted by molar-refractivity contribution is 7.14. The van der Waals surface area contributed by atoms with Crippen LogP contribution in [-0.2, 0) is 0 Å². The van der Waals surface area contributed by atoms with E-state index in [2.05, 4.69) is 12.2 Å². The third-order valence-electron chi connectivity index (χ3n) is 3.93. The molecule has 1 aliphatic carbocycles. The number of amides is 1. The van der Waals surface area contributed by atoms with Crippen LogP contribution in [0.1, 0.15) is 39.4 Å². The molecule has 0 spiro atoms. The Kier molecular flexibility index (Phi) is 4.68. The standard InChI is InChI=1S/C14H20ClNOS/c1-9-6-13(18-10(9)2)14(17)16-8-12-5-3-4-11(12)7-15/h6,11-12H,3-5,7-8H2,1-2H3,(H,16,17). The quantitative estimate of drug-likeness (QED) is 0.839. The molecule has 1 amide bonds. The first kappa shape index (κ1) is 13.9. The second-order valence-corrected chi connectivity index (χ2v) is 6.73. The molecule has 0 aromatic carbocycles. The van der Waals surface area contributed by atoms with Crippen molar-refractivity contribution in [2.45, 2.75) is 33.1 Å². The maximum atomic E-state index is 12.0. The van der Waals surface area contributed by atoms with E-state index < -0.39 is 0 Å². The fourth-order valence-electron chi connectivity index (χ4n) is 2.58. The van der Waals surface area contributed by atoms with Crippen molar-refractivity contribution in [2.75, 3.05) is 12.4 Å². The monoisotopic (exact) mass is 285 g/mol.